The van der Waals surface area contributed by atoms with Crippen molar-refractivity contribution in [3.8, 4) is 0 Å². The standard InChI is InChI=1S/C15H25N3O4S2/c1-4-17(5-2)23(19,20)14-7-6-8-15(11-14)24(21,22)18-10-9-16-12-13(18)3/h6-8,11,13,16H,4-5,9-10,12H2,1-3H3. The number of hydrogen-bond donors (Lipinski definition) is 1. The molecule has 0 spiro atoms. The molecule has 1 aliphatic rings. The van der Waals surface area contributed by atoms with Gasteiger partial charge in [0.1, 0.15) is 0 Å². The average molecular weight is 376 g/mol. The van der Waals surface area contributed by atoms with E-state index in [0.717, 1.165) is 0 Å². The second-order valence-corrected chi connectivity index (χ2v) is 9.56. The van der Waals surface area contributed by atoms with E-state index in [0.29, 0.717) is 32.7 Å². The summed E-state index contributed by atoms with van der Waals surface area (Å²) < 4.78 is 53.7. The summed E-state index contributed by atoms with van der Waals surface area (Å²) in [5, 5.41) is 3.15. The number of hydrogen-bond acceptors (Lipinski definition) is 5. The van der Waals surface area contributed by atoms with Crippen LogP contribution in [0.15, 0.2) is 34.1 Å². The fraction of sp³-hybridized carbons (Fsp3) is 0.600. The Bertz CT molecular complexity index is 774. The lowest BCUT2D eigenvalue weighted by molar-refractivity contribution is 0.284. The molecule has 0 saturated carbocycles. The Balaban J connectivity index is 2.43. The van der Waals surface area contributed by atoms with E-state index in [-0.39, 0.29) is 15.8 Å². The van der Waals surface area contributed by atoms with Gasteiger partial charge in [0.15, 0.2) is 0 Å². The molecule has 0 aromatic heterocycles. The van der Waals surface area contributed by atoms with Crippen LogP contribution < -0.4 is 5.32 Å². The third-order valence-electron chi connectivity index (χ3n) is 4.20. The Hall–Kier alpha value is -1.00. The van der Waals surface area contributed by atoms with Gasteiger partial charge >= 0.3 is 0 Å². The highest BCUT2D eigenvalue weighted by atomic mass is 32.2. The zero-order valence-corrected chi connectivity index (χ0v) is 15.9. The lowest BCUT2D eigenvalue weighted by Gasteiger charge is -2.33. The zero-order chi connectivity index (χ0) is 18.0. The van der Waals surface area contributed by atoms with E-state index in [2.05, 4.69) is 5.32 Å². The summed E-state index contributed by atoms with van der Waals surface area (Å²) in [5.41, 5.74) is 0. The van der Waals surface area contributed by atoms with Crippen LogP contribution in [-0.2, 0) is 20.0 Å². The van der Waals surface area contributed by atoms with Crippen LogP contribution in [0.4, 0.5) is 0 Å². The summed E-state index contributed by atoms with van der Waals surface area (Å²) in [7, 11) is -7.41. The second-order valence-electron chi connectivity index (χ2n) is 5.73. The van der Waals surface area contributed by atoms with Crippen molar-refractivity contribution in [2.45, 2.75) is 36.6 Å². The molecule has 1 aromatic carbocycles. The van der Waals surface area contributed by atoms with Crippen molar-refractivity contribution in [2.75, 3.05) is 32.7 Å². The first-order valence-corrected chi connectivity index (χ1v) is 11.0. The van der Waals surface area contributed by atoms with Gasteiger partial charge in [-0.05, 0) is 25.1 Å². The fourth-order valence-corrected chi connectivity index (χ4v) is 6.08. The number of nitrogens with zero attached hydrogens (tertiary/aromatic N) is 2. The Morgan fingerprint density at radius 2 is 1.79 bits per heavy atom. The molecule has 1 saturated heterocycles. The van der Waals surface area contributed by atoms with E-state index in [9.17, 15) is 16.8 Å². The van der Waals surface area contributed by atoms with Crippen LogP contribution in [-0.4, -0.2) is 64.2 Å². The number of piperazine rings is 1. The Labute approximate surface area is 144 Å². The Kier molecular flexibility index (Phi) is 6.03. The highest BCUT2D eigenvalue weighted by Gasteiger charge is 2.32. The molecule has 1 fully saturated rings. The highest BCUT2D eigenvalue weighted by Crippen LogP contribution is 2.23. The minimum absolute atomic E-state index is 0.00932. The minimum Gasteiger partial charge on any atom is -0.314 e. The van der Waals surface area contributed by atoms with E-state index in [4.69, 9.17) is 0 Å². The summed E-state index contributed by atoms with van der Waals surface area (Å²) in [5.74, 6) is 0. The largest absolute Gasteiger partial charge is 0.314 e. The van der Waals surface area contributed by atoms with Crippen LogP contribution in [0.2, 0.25) is 0 Å². The molecule has 1 aliphatic heterocycles. The minimum atomic E-state index is -3.72. The van der Waals surface area contributed by atoms with Crippen LogP contribution >= 0.6 is 0 Å². The Morgan fingerprint density at radius 3 is 2.38 bits per heavy atom. The molecule has 136 valence electrons. The average Bonchev–Trinajstić information content (AvgIpc) is 2.56. The van der Waals surface area contributed by atoms with Gasteiger partial charge in [0.25, 0.3) is 0 Å². The molecule has 0 bridgehead atoms. The predicted octanol–water partition coefficient (Wildman–Crippen LogP) is 0.700. The second kappa shape index (κ2) is 7.49. The zero-order valence-electron chi connectivity index (χ0n) is 14.3. The molecule has 1 N–H and O–H groups in total. The van der Waals surface area contributed by atoms with Crippen molar-refractivity contribution in [3.63, 3.8) is 0 Å². The van der Waals surface area contributed by atoms with E-state index < -0.39 is 20.0 Å². The van der Waals surface area contributed by atoms with Crippen LogP contribution in [0.3, 0.4) is 0 Å². The summed E-state index contributed by atoms with van der Waals surface area (Å²) in [6.07, 6.45) is 0. The molecule has 2 rings (SSSR count). The first-order valence-electron chi connectivity index (χ1n) is 8.08. The molecular weight excluding hydrogens is 350 g/mol. The van der Waals surface area contributed by atoms with Gasteiger partial charge in [0, 0.05) is 38.8 Å². The number of benzene rings is 1. The van der Waals surface area contributed by atoms with Crippen molar-refractivity contribution >= 4 is 20.0 Å². The van der Waals surface area contributed by atoms with Gasteiger partial charge in [-0.25, -0.2) is 16.8 Å². The van der Waals surface area contributed by atoms with E-state index in [1.54, 1.807) is 13.8 Å². The summed E-state index contributed by atoms with van der Waals surface area (Å²) in [4.78, 5) is 0.0274. The molecule has 1 atom stereocenters. The summed E-state index contributed by atoms with van der Waals surface area (Å²) in [6.45, 7) is 7.55. The van der Waals surface area contributed by atoms with Gasteiger partial charge in [-0.3, -0.25) is 0 Å². The third-order valence-corrected chi connectivity index (χ3v) is 8.25. The molecular formula is C15H25N3O4S2. The van der Waals surface area contributed by atoms with Gasteiger partial charge in [-0.1, -0.05) is 19.9 Å². The predicted molar refractivity (Wildman–Crippen MR) is 92.8 cm³/mol. The first kappa shape index (κ1) is 19.3. The number of rotatable bonds is 6. The van der Waals surface area contributed by atoms with Gasteiger partial charge in [-0.2, -0.15) is 8.61 Å². The smallest absolute Gasteiger partial charge is 0.243 e. The van der Waals surface area contributed by atoms with Crippen molar-refractivity contribution in [3.05, 3.63) is 24.3 Å². The van der Waals surface area contributed by atoms with E-state index in [1.807, 2.05) is 6.92 Å². The summed E-state index contributed by atoms with van der Waals surface area (Å²) in [6, 6.07) is 5.46. The lowest BCUT2D eigenvalue weighted by atomic mass is 10.3. The van der Waals surface area contributed by atoms with Crippen molar-refractivity contribution < 1.29 is 16.8 Å². The maximum absolute atomic E-state index is 12.9. The summed E-state index contributed by atoms with van der Waals surface area (Å²) >= 11 is 0. The topological polar surface area (TPSA) is 86.8 Å². The molecule has 1 unspecified atom stereocenters. The molecule has 7 nitrogen and oxygen atoms in total. The molecule has 24 heavy (non-hydrogen) atoms. The maximum atomic E-state index is 12.9. The van der Waals surface area contributed by atoms with Gasteiger partial charge < -0.3 is 5.32 Å². The molecule has 0 aliphatic carbocycles. The molecule has 1 aromatic rings. The molecule has 9 heteroatoms. The molecule has 0 radical (unpaired) electrons. The first-order chi connectivity index (χ1) is 11.2. The SMILES string of the molecule is CCN(CC)S(=O)(=O)c1cccc(S(=O)(=O)N2CCNCC2C)c1. The normalized spacial score (nSPS) is 20.4. The lowest BCUT2D eigenvalue weighted by Crippen LogP contribution is -2.52. The van der Waals surface area contributed by atoms with Crippen LogP contribution in [0.1, 0.15) is 20.8 Å². The Morgan fingerprint density at radius 1 is 1.17 bits per heavy atom. The van der Waals surface area contributed by atoms with Gasteiger partial charge in [0.05, 0.1) is 9.79 Å². The van der Waals surface area contributed by atoms with Gasteiger partial charge in [0.2, 0.25) is 20.0 Å². The van der Waals surface area contributed by atoms with Crippen molar-refractivity contribution in [1.29, 1.82) is 0 Å². The van der Waals surface area contributed by atoms with Crippen LogP contribution in [0.5, 0.6) is 0 Å². The molecule has 1 heterocycles. The fourth-order valence-electron chi connectivity index (χ4n) is 2.82. The van der Waals surface area contributed by atoms with Crippen molar-refractivity contribution in [2.24, 2.45) is 0 Å². The quantitative estimate of drug-likeness (QED) is 0.791. The van der Waals surface area contributed by atoms with Crippen LogP contribution in [0.25, 0.3) is 0 Å². The van der Waals surface area contributed by atoms with E-state index in [1.165, 1.54) is 32.9 Å². The van der Waals surface area contributed by atoms with Crippen LogP contribution in [0, 0.1) is 0 Å². The monoisotopic (exact) mass is 375 g/mol. The van der Waals surface area contributed by atoms with Crippen molar-refractivity contribution in [1.82, 2.24) is 13.9 Å². The third kappa shape index (κ3) is 3.65. The number of sulfonamides is 2. The maximum Gasteiger partial charge on any atom is 0.243 e. The highest BCUT2D eigenvalue weighted by molar-refractivity contribution is 7.90. The van der Waals surface area contributed by atoms with Gasteiger partial charge in [-0.15, -0.1) is 0 Å². The van der Waals surface area contributed by atoms with E-state index >= 15 is 0 Å². The molecule has 0 amide bonds. The number of nitrogens with one attached hydrogen (secondary N) is 1.